The molecule has 0 bridgehead atoms. The Morgan fingerprint density at radius 2 is 2.04 bits per heavy atom. The van der Waals surface area contributed by atoms with Gasteiger partial charge in [-0.25, -0.2) is 4.98 Å². The first-order chi connectivity index (χ1) is 11.1. The first kappa shape index (κ1) is 16.0. The largest absolute Gasteiger partial charge is 0.346 e. The third-order valence-corrected chi connectivity index (χ3v) is 5.61. The van der Waals surface area contributed by atoms with Crippen molar-refractivity contribution in [1.82, 2.24) is 19.9 Å². The molecule has 0 atom stereocenters. The summed E-state index contributed by atoms with van der Waals surface area (Å²) in [4.78, 5) is 18.2. The van der Waals surface area contributed by atoms with Gasteiger partial charge in [0.2, 0.25) is 0 Å². The summed E-state index contributed by atoms with van der Waals surface area (Å²) in [5, 5.41) is 8.26. The van der Waals surface area contributed by atoms with Gasteiger partial charge in [-0.3, -0.25) is 4.79 Å². The second kappa shape index (κ2) is 6.74. The van der Waals surface area contributed by atoms with E-state index >= 15 is 0 Å². The molecule has 0 saturated carbocycles. The Bertz CT molecular complexity index is 859. The highest BCUT2D eigenvalue weighted by Crippen LogP contribution is 2.32. The molecule has 118 valence electrons. The SMILES string of the molecule is Cc1nc(-c2ccccc2Cl)sc1CNC(=O)c1snnc1C. The van der Waals surface area contributed by atoms with Crippen molar-refractivity contribution < 1.29 is 4.79 Å². The predicted octanol–water partition coefficient (Wildman–Crippen LogP) is 3.86. The van der Waals surface area contributed by atoms with Gasteiger partial charge in [0.1, 0.15) is 9.88 Å². The summed E-state index contributed by atoms with van der Waals surface area (Å²) < 4.78 is 3.78. The molecule has 8 heteroatoms. The lowest BCUT2D eigenvalue weighted by atomic mass is 10.2. The van der Waals surface area contributed by atoms with Crippen molar-refractivity contribution in [3.05, 3.63) is 50.4 Å². The van der Waals surface area contributed by atoms with Crippen molar-refractivity contribution in [1.29, 1.82) is 0 Å². The highest BCUT2D eigenvalue weighted by atomic mass is 35.5. The Balaban J connectivity index is 1.76. The minimum atomic E-state index is -0.162. The molecule has 3 rings (SSSR count). The summed E-state index contributed by atoms with van der Waals surface area (Å²) >= 11 is 8.85. The van der Waals surface area contributed by atoms with E-state index in [1.165, 1.54) is 11.3 Å². The van der Waals surface area contributed by atoms with Crippen LogP contribution in [0.15, 0.2) is 24.3 Å². The third-order valence-electron chi connectivity index (χ3n) is 3.26. The van der Waals surface area contributed by atoms with Crippen LogP contribution >= 0.6 is 34.5 Å². The molecule has 0 fully saturated rings. The number of halogens is 1. The van der Waals surface area contributed by atoms with Crippen LogP contribution in [-0.4, -0.2) is 20.5 Å². The molecule has 0 aliphatic carbocycles. The van der Waals surface area contributed by atoms with Gasteiger partial charge in [0, 0.05) is 10.4 Å². The quantitative estimate of drug-likeness (QED) is 0.763. The average Bonchev–Trinajstić information content (AvgIpc) is 3.11. The van der Waals surface area contributed by atoms with Crippen LogP contribution in [-0.2, 0) is 6.54 Å². The standard InChI is InChI=1S/C15H13ClN4OS2/c1-8-12(7-17-14(21)13-9(2)19-20-23-13)22-15(18-8)10-5-3-4-6-11(10)16/h3-6H,7H2,1-2H3,(H,17,21). The van der Waals surface area contributed by atoms with E-state index in [4.69, 9.17) is 11.6 Å². The fourth-order valence-corrected chi connectivity index (χ4v) is 3.92. The van der Waals surface area contributed by atoms with Gasteiger partial charge in [0.05, 0.1) is 23.0 Å². The minimum absolute atomic E-state index is 0.162. The van der Waals surface area contributed by atoms with Crippen molar-refractivity contribution >= 4 is 40.4 Å². The summed E-state index contributed by atoms with van der Waals surface area (Å²) in [7, 11) is 0. The van der Waals surface area contributed by atoms with E-state index in [9.17, 15) is 4.79 Å². The first-order valence-corrected chi connectivity index (χ1v) is 8.81. The van der Waals surface area contributed by atoms with E-state index in [-0.39, 0.29) is 5.91 Å². The maximum atomic E-state index is 12.1. The highest BCUT2D eigenvalue weighted by Gasteiger charge is 2.15. The van der Waals surface area contributed by atoms with Gasteiger partial charge in [-0.2, -0.15) is 0 Å². The van der Waals surface area contributed by atoms with Crippen LogP contribution in [0.4, 0.5) is 0 Å². The average molecular weight is 365 g/mol. The molecule has 1 aromatic carbocycles. The molecule has 0 aliphatic heterocycles. The third kappa shape index (κ3) is 3.41. The van der Waals surface area contributed by atoms with Crippen LogP contribution in [0.3, 0.4) is 0 Å². The molecule has 0 aliphatic rings. The summed E-state index contributed by atoms with van der Waals surface area (Å²) in [5.74, 6) is -0.162. The van der Waals surface area contributed by atoms with Crippen LogP contribution in [0.25, 0.3) is 10.6 Å². The van der Waals surface area contributed by atoms with E-state index < -0.39 is 0 Å². The second-order valence-corrected chi connectivity index (χ2v) is 7.12. The smallest absolute Gasteiger partial charge is 0.265 e. The normalized spacial score (nSPS) is 10.7. The molecule has 0 spiro atoms. The number of aromatic nitrogens is 3. The predicted molar refractivity (Wildman–Crippen MR) is 93.1 cm³/mol. The van der Waals surface area contributed by atoms with Gasteiger partial charge < -0.3 is 5.32 Å². The zero-order valence-corrected chi connectivity index (χ0v) is 14.8. The molecule has 0 saturated heterocycles. The second-order valence-electron chi connectivity index (χ2n) is 4.88. The Hall–Kier alpha value is -1.83. The number of nitrogens with one attached hydrogen (secondary N) is 1. The summed E-state index contributed by atoms with van der Waals surface area (Å²) in [6, 6.07) is 7.60. The Morgan fingerprint density at radius 3 is 2.74 bits per heavy atom. The fourth-order valence-electron chi connectivity index (χ4n) is 2.02. The molecule has 2 heterocycles. The number of benzene rings is 1. The molecule has 0 radical (unpaired) electrons. The number of carbonyl (C=O) groups excluding carboxylic acids is 1. The van der Waals surface area contributed by atoms with Crippen LogP contribution in [0.2, 0.25) is 5.02 Å². The van der Waals surface area contributed by atoms with E-state index in [1.807, 2.05) is 31.2 Å². The molecular formula is C15H13ClN4OS2. The maximum Gasteiger partial charge on any atom is 0.265 e. The van der Waals surface area contributed by atoms with E-state index in [1.54, 1.807) is 6.92 Å². The number of amides is 1. The van der Waals surface area contributed by atoms with Crippen molar-refractivity contribution in [2.24, 2.45) is 0 Å². The minimum Gasteiger partial charge on any atom is -0.346 e. The molecule has 23 heavy (non-hydrogen) atoms. The fraction of sp³-hybridized carbons (Fsp3) is 0.200. The summed E-state index contributed by atoms with van der Waals surface area (Å²) in [6.45, 7) is 4.12. The van der Waals surface area contributed by atoms with E-state index in [2.05, 4.69) is 19.9 Å². The first-order valence-electron chi connectivity index (χ1n) is 6.84. The van der Waals surface area contributed by atoms with Crippen molar-refractivity contribution in [3.8, 4) is 10.6 Å². The monoisotopic (exact) mass is 364 g/mol. The van der Waals surface area contributed by atoms with E-state index in [0.717, 1.165) is 32.7 Å². The molecular weight excluding hydrogens is 352 g/mol. The topological polar surface area (TPSA) is 67.8 Å². The number of thiazole rings is 1. The van der Waals surface area contributed by atoms with Crippen molar-refractivity contribution in [2.45, 2.75) is 20.4 Å². The number of aryl methyl sites for hydroxylation is 2. The Labute approximate surface area is 146 Å². The van der Waals surface area contributed by atoms with Gasteiger partial charge >= 0.3 is 0 Å². The van der Waals surface area contributed by atoms with Gasteiger partial charge in [0.25, 0.3) is 5.91 Å². The number of hydrogen-bond acceptors (Lipinski definition) is 6. The van der Waals surface area contributed by atoms with Gasteiger partial charge in [-0.05, 0) is 31.4 Å². The summed E-state index contributed by atoms with van der Waals surface area (Å²) in [5.41, 5.74) is 2.44. The van der Waals surface area contributed by atoms with E-state index in [0.29, 0.717) is 22.1 Å². The molecule has 5 nitrogen and oxygen atoms in total. The molecule has 2 aromatic heterocycles. The number of nitrogens with zero attached hydrogens (tertiary/aromatic N) is 3. The zero-order chi connectivity index (χ0) is 16.4. The Morgan fingerprint density at radius 1 is 1.26 bits per heavy atom. The van der Waals surface area contributed by atoms with Crippen molar-refractivity contribution in [3.63, 3.8) is 0 Å². The number of hydrogen-bond donors (Lipinski definition) is 1. The van der Waals surface area contributed by atoms with Crippen LogP contribution in [0, 0.1) is 13.8 Å². The van der Waals surface area contributed by atoms with Gasteiger partial charge in [-0.15, -0.1) is 16.4 Å². The van der Waals surface area contributed by atoms with Gasteiger partial charge in [0.15, 0.2) is 0 Å². The van der Waals surface area contributed by atoms with Crippen LogP contribution in [0.5, 0.6) is 0 Å². The van der Waals surface area contributed by atoms with Crippen LogP contribution < -0.4 is 5.32 Å². The zero-order valence-electron chi connectivity index (χ0n) is 12.5. The molecule has 0 unspecified atom stereocenters. The summed E-state index contributed by atoms with van der Waals surface area (Å²) in [6.07, 6.45) is 0. The lowest BCUT2D eigenvalue weighted by molar-refractivity contribution is 0.0954. The van der Waals surface area contributed by atoms with Crippen molar-refractivity contribution in [2.75, 3.05) is 0 Å². The molecule has 3 aromatic rings. The molecule has 1 amide bonds. The Kier molecular flexibility index (Phi) is 4.70. The lowest BCUT2D eigenvalue weighted by Gasteiger charge is -2.02. The number of carbonyl (C=O) groups is 1. The lowest BCUT2D eigenvalue weighted by Crippen LogP contribution is -2.22. The highest BCUT2D eigenvalue weighted by molar-refractivity contribution is 7.15. The maximum absolute atomic E-state index is 12.1. The number of rotatable bonds is 4. The van der Waals surface area contributed by atoms with Crippen LogP contribution in [0.1, 0.15) is 25.9 Å². The molecule has 1 N–H and O–H groups in total. The van der Waals surface area contributed by atoms with Gasteiger partial charge in [-0.1, -0.05) is 34.3 Å².